The zero-order valence-corrected chi connectivity index (χ0v) is 10.3. The van der Waals surface area contributed by atoms with Crippen molar-refractivity contribution < 1.29 is 8.42 Å². The maximum atomic E-state index is 11.5. The van der Waals surface area contributed by atoms with E-state index in [0.29, 0.717) is 19.0 Å². The molecule has 4 nitrogen and oxygen atoms in total. The van der Waals surface area contributed by atoms with Gasteiger partial charge >= 0.3 is 0 Å². The molecule has 1 unspecified atom stereocenters. The van der Waals surface area contributed by atoms with Crippen LogP contribution in [0.15, 0.2) is 0 Å². The predicted molar refractivity (Wildman–Crippen MR) is 60.3 cm³/mol. The molecule has 6 heteroatoms. The molecule has 0 aromatic heterocycles. The molecule has 14 heavy (non-hydrogen) atoms. The number of rotatable bonds is 4. The van der Waals surface area contributed by atoms with Crippen molar-refractivity contribution in [3.63, 3.8) is 0 Å². The van der Waals surface area contributed by atoms with Crippen LogP contribution in [0.5, 0.6) is 0 Å². The van der Waals surface area contributed by atoms with Crippen molar-refractivity contribution in [1.82, 2.24) is 9.62 Å². The normalized spacial score (nSPS) is 23.4. The molecule has 1 atom stereocenters. The second kappa shape index (κ2) is 5.90. The van der Waals surface area contributed by atoms with Gasteiger partial charge in [-0.2, -0.15) is 0 Å². The molecule has 0 amide bonds. The topological polar surface area (TPSA) is 49.4 Å². The maximum Gasteiger partial charge on any atom is 0.213 e. The minimum Gasteiger partial charge on any atom is -0.319 e. The molecule has 0 bridgehead atoms. The van der Waals surface area contributed by atoms with Gasteiger partial charge in [0.05, 0.1) is 5.75 Å². The lowest BCUT2D eigenvalue weighted by Gasteiger charge is -2.14. The van der Waals surface area contributed by atoms with E-state index >= 15 is 0 Å². The highest BCUT2D eigenvalue weighted by Crippen LogP contribution is 2.18. The fraction of sp³-hybridized carbons (Fsp3) is 1.00. The lowest BCUT2D eigenvalue weighted by Crippen LogP contribution is -2.31. The summed E-state index contributed by atoms with van der Waals surface area (Å²) >= 11 is 0. The Bertz CT molecular complexity index is 256. The van der Waals surface area contributed by atoms with Gasteiger partial charge < -0.3 is 5.32 Å². The summed E-state index contributed by atoms with van der Waals surface area (Å²) in [7, 11) is -1.04. The first-order valence-corrected chi connectivity index (χ1v) is 6.33. The fourth-order valence-corrected chi connectivity index (χ4v) is 2.87. The van der Waals surface area contributed by atoms with E-state index in [1.807, 2.05) is 7.05 Å². The second-order valence-electron chi connectivity index (χ2n) is 3.47. The molecule has 0 aliphatic carbocycles. The molecule has 1 saturated heterocycles. The van der Waals surface area contributed by atoms with E-state index in [2.05, 4.69) is 5.32 Å². The summed E-state index contributed by atoms with van der Waals surface area (Å²) in [5, 5.41) is 3.08. The van der Waals surface area contributed by atoms with Crippen molar-refractivity contribution in [2.24, 2.45) is 5.92 Å². The van der Waals surface area contributed by atoms with Gasteiger partial charge in [0.1, 0.15) is 0 Å². The van der Waals surface area contributed by atoms with Crippen molar-refractivity contribution in [3.8, 4) is 0 Å². The van der Waals surface area contributed by atoms with Crippen molar-refractivity contribution in [1.29, 1.82) is 0 Å². The second-order valence-corrected chi connectivity index (χ2v) is 5.73. The van der Waals surface area contributed by atoms with Gasteiger partial charge in [-0.15, -0.1) is 12.4 Å². The third-order valence-electron chi connectivity index (χ3n) is 2.50. The van der Waals surface area contributed by atoms with E-state index < -0.39 is 10.0 Å². The molecule has 0 saturated carbocycles. The van der Waals surface area contributed by atoms with Crippen LogP contribution in [0.1, 0.15) is 13.3 Å². The molecular weight excluding hydrogens is 224 g/mol. The first kappa shape index (κ1) is 14.2. The van der Waals surface area contributed by atoms with Crippen LogP contribution in [0.25, 0.3) is 0 Å². The van der Waals surface area contributed by atoms with Crippen LogP contribution in [-0.2, 0) is 10.0 Å². The van der Waals surface area contributed by atoms with Gasteiger partial charge in [0.15, 0.2) is 0 Å². The molecule has 86 valence electrons. The third kappa shape index (κ3) is 3.38. The minimum absolute atomic E-state index is 0. The van der Waals surface area contributed by atoms with E-state index in [0.717, 1.165) is 13.0 Å². The zero-order valence-electron chi connectivity index (χ0n) is 8.69. The Balaban J connectivity index is 0.00000169. The van der Waals surface area contributed by atoms with Gasteiger partial charge in [-0.3, -0.25) is 0 Å². The Labute approximate surface area is 92.5 Å². The Morgan fingerprint density at radius 2 is 2.14 bits per heavy atom. The SMILES string of the molecule is CCS(=O)(=O)N1CCC(CNC)C1.Cl. The van der Waals surface area contributed by atoms with Crippen molar-refractivity contribution in [2.45, 2.75) is 13.3 Å². The maximum absolute atomic E-state index is 11.5. The van der Waals surface area contributed by atoms with E-state index in [9.17, 15) is 8.42 Å². The highest BCUT2D eigenvalue weighted by Gasteiger charge is 2.29. The highest BCUT2D eigenvalue weighted by molar-refractivity contribution is 7.89. The van der Waals surface area contributed by atoms with E-state index in [4.69, 9.17) is 0 Å². The Kier molecular flexibility index (Phi) is 5.97. The van der Waals surface area contributed by atoms with Crippen LogP contribution in [-0.4, -0.2) is 45.2 Å². The smallest absolute Gasteiger partial charge is 0.213 e. The molecule has 1 aliphatic heterocycles. The molecule has 1 N–H and O–H groups in total. The number of hydrogen-bond acceptors (Lipinski definition) is 3. The van der Waals surface area contributed by atoms with Crippen LogP contribution in [0, 0.1) is 5.92 Å². The highest BCUT2D eigenvalue weighted by atomic mass is 35.5. The summed E-state index contributed by atoms with van der Waals surface area (Å²) in [4.78, 5) is 0. The summed E-state index contributed by atoms with van der Waals surface area (Å²) < 4.78 is 24.5. The predicted octanol–water partition coefficient (Wildman–Crippen LogP) is 0.299. The van der Waals surface area contributed by atoms with Gasteiger partial charge in [0.2, 0.25) is 10.0 Å². The third-order valence-corrected chi connectivity index (χ3v) is 4.35. The standard InChI is InChI=1S/C8H18N2O2S.ClH/c1-3-13(11,12)10-5-4-8(7-10)6-9-2;/h8-9H,3-7H2,1-2H3;1H. The van der Waals surface area contributed by atoms with E-state index in [1.54, 1.807) is 11.2 Å². The van der Waals surface area contributed by atoms with Crippen LogP contribution in [0.4, 0.5) is 0 Å². The number of halogens is 1. The molecule has 1 fully saturated rings. The van der Waals surface area contributed by atoms with Gasteiger partial charge in [0.25, 0.3) is 0 Å². The van der Waals surface area contributed by atoms with E-state index in [-0.39, 0.29) is 18.2 Å². The largest absolute Gasteiger partial charge is 0.319 e. The number of nitrogens with one attached hydrogen (secondary N) is 1. The van der Waals surface area contributed by atoms with Crippen molar-refractivity contribution in [3.05, 3.63) is 0 Å². The van der Waals surface area contributed by atoms with Crippen molar-refractivity contribution in [2.75, 3.05) is 32.4 Å². The van der Waals surface area contributed by atoms with Crippen LogP contribution in [0.3, 0.4) is 0 Å². The van der Waals surface area contributed by atoms with E-state index in [1.165, 1.54) is 0 Å². The Morgan fingerprint density at radius 1 is 1.50 bits per heavy atom. The van der Waals surface area contributed by atoms with Gasteiger partial charge in [-0.25, -0.2) is 12.7 Å². The summed E-state index contributed by atoms with van der Waals surface area (Å²) in [6.45, 7) is 4.00. The molecule has 0 spiro atoms. The quantitative estimate of drug-likeness (QED) is 0.772. The van der Waals surface area contributed by atoms with Crippen LogP contribution in [0.2, 0.25) is 0 Å². The molecule has 1 aliphatic rings. The zero-order chi connectivity index (χ0) is 9.90. The first-order valence-electron chi connectivity index (χ1n) is 4.72. The fourth-order valence-electron chi connectivity index (χ4n) is 1.69. The van der Waals surface area contributed by atoms with Gasteiger partial charge in [-0.1, -0.05) is 0 Å². The molecular formula is C8H19ClN2O2S. The molecule has 1 rings (SSSR count). The minimum atomic E-state index is -2.94. The summed E-state index contributed by atoms with van der Waals surface area (Å²) in [6.07, 6.45) is 0.986. The number of hydrogen-bond donors (Lipinski definition) is 1. The molecule has 1 heterocycles. The average Bonchev–Trinajstić information content (AvgIpc) is 2.54. The summed E-state index contributed by atoms with van der Waals surface area (Å²) in [5.41, 5.74) is 0. The Morgan fingerprint density at radius 3 is 2.64 bits per heavy atom. The molecule has 0 radical (unpaired) electrons. The van der Waals surface area contributed by atoms with Gasteiger partial charge in [-0.05, 0) is 32.9 Å². The monoisotopic (exact) mass is 242 g/mol. The average molecular weight is 243 g/mol. The molecule has 0 aromatic rings. The number of sulfonamides is 1. The summed E-state index contributed by atoms with van der Waals surface area (Å²) in [5.74, 6) is 0.713. The molecule has 0 aromatic carbocycles. The van der Waals surface area contributed by atoms with Crippen molar-refractivity contribution >= 4 is 22.4 Å². The van der Waals surface area contributed by atoms with Gasteiger partial charge in [0, 0.05) is 13.1 Å². The Hall–Kier alpha value is 0.160. The summed E-state index contributed by atoms with van der Waals surface area (Å²) in [6, 6.07) is 0. The van der Waals surface area contributed by atoms with Crippen LogP contribution < -0.4 is 5.32 Å². The van der Waals surface area contributed by atoms with Crippen LogP contribution >= 0.6 is 12.4 Å². The lowest BCUT2D eigenvalue weighted by atomic mass is 10.1. The lowest BCUT2D eigenvalue weighted by molar-refractivity contribution is 0.452. The first-order chi connectivity index (χ1) is 6.10. The number of nitrogens with zero attached hydrogens (tertiary/aromatic N) is 1.